The van der Waals surface area contributed by atoms with Crippen LogP contribution in [0.25, 0.3) is 0 Å². The first-order valence-corrected chi connectivity index (χ1v) is 19.3. The molecule has 2 N–H and O–H groups in total. The van der Waals surface area contributed by atoms with Crippen molar-refractivity contribution >= 4 is 25.9 Å². The fourth-order valence-electron chi connectivity index (χ4n) is 6.23. The van der Waals surface area contributed by atoms with E-state index >= 15 is 0 Å². The number of fused-ring (bicyclic) bond motifs is 1. The fraction of sp³-hybridized carbons (Fsp3) is 0.459. The van der Waals surface area contributed by atoms with Crippen LogP contribution in [0.2, 0.25) is 0 Å². The highest BCUT2D eigenvalue weighted by atomic mass is 32.2. The third-order valence-corrected chi connectivity index (χ3v) is 11.0. The molecule has 276 valence electrons. The Labute approximate surface area is 297 Å². The molecule has 0 fully saturated rings. The number of hydrogen-bond acceptors (Lipinski definition) is 9. The Morgan fingerprint density at radius 2 is 1.48 bits per heavy atom. The molecule has 2 aromatic rings. The molecule has 1 aliphatic rings. The second kappa shape index (κ2) is 17.9. The average molecular weight is 734 g/mol. The van der Waals surface area contributed by atoms with Gasteiger partial charge in [-0.15, -0.1) is 0 Å². The van der Waals surface area contributed by atoms with Gasteiger partial charge in [0, 0.05) is 56.2 Å². The van der Waals surface area contributed by atoms with E-state index in [1.165, 1.54) is 24.3 Å². The lowest BCUT2D eigenvalue weighted by Crippen LogP contribution is -2.30. The molecule has 1 heterocycles. The van der Waals surface area contributed by atoms with Crippen LogP contribution in [0, 0.1) is 6.92 Å². The van der Waals surface area contributed by atoms with Gasteiger partial charge in [0.1, 0.15) is 0 Å². The lowest BCUT2D eigenvalue weighted by molar-refractivity contribution is 0.0639. The van der Waals surface area contributed by atoms with Crippen molar-refractivity contribution in [3.63, 3.8) is 0 Å². The van der Waals surface area contributed by atoms with E-state index in [2.05, 4.69) is 11.5 Å². The van der Waals surface area contributed by atoms with Gasteiger partial charge in [0.05, 0.1) is 36.2 Å². The molecule has 0 spiro atoms. The topological polar surface area (TPSA) is 149 Å². The Bertz CT molecular complexity index is 1800. The van der Waals surface area contributed by atoms with Gasteiger partial charge in [-0.25, -0.2) is 0 Å². The van der Waals surface area contributed by atoms with Crippen molar-refractivity contribution in [1.82, 2.24) is 0 Å². The molecular formula is C37H51NO10S2. The van der Waals surface area contributed by atoms with Gasteiger partial charge in [-0.05, 0) is 92.3 Å². The third-order valence-electron chi connectivity index (χ3n) is 9.26. The van der Waals surface area contributed by atoms with Crippen LogP contribution in [0.3, 0.4) is 0 Å². The standard InChI is InChI=1S/C37H51NO10S2/c1-8-38-34-17-16-31(50(42,43)44)27-33(34)37(5,19-21-48-25-23-46-7)35(38)13-11-9-10-12-29(3)36(4,18-20-47-24-22-45-6)32-26-30(49(39,40)41)15-14-28(32)2/h9-17,26-27H,3,8,18-25H2,1-2,4-7H3,(H,39,40,41)(H,42,43,44)/b11-9+,12-10+,35-13+. The van der Waals surface area contributed by atoms with Gasteiger partial charge >= 0.3 is 0 Å². The lowest BCUT2D eigenvalue weighted by atomic mass is 9.72. The van der Waals surface area contributed by atoms with Gasteiger partial charge in [-0.1, -0.05) is 43.9 Å². The quantitative estimate of drug-likeness (QED) is 0.0910. The van der Waals surface area contributed by atoms with Crippen LogP contribution >= 0.6 is 0 Å². The number of anilines is 1. The summed E-state index contributed by atoms with van der Waals surface area (Å²) < 4.78 is 89.5. The molecule has 11 nitrogen and oxygen atoms in total. The highest BCUT2D eigenvalue weighted by molar-refractivity contribution is 7.86. The molecule has 2 aromatic carbocycles. The minimum atomic E-state index is -4.42. The van der Waals surface area contributed by atoms with Gasteiger partial charge in [0.2, 0.25) is 0 Å². The first kappa shape index (κ1) is 41.3. The van der Waals surface area contributed by atoms with Crippen LogP contribution in [0.4, 0.5) is 5.69 Å². The van der Waals surface area contributed by atoms with E-state index in [4.69, 9.17) is 18.9 Å². The number of ether oxygens (including phenoxy) is 4. The van der Waals surface area contributed by atoms with Crippen LogP contribution in [-0.2, 0) is 50.0 Å². The van der Waals surface area contributed by atoms with Gasteiger partial charge < -0.3 is 23.8 Å². The van der Waals surface area contributed by atoms with Crippen molar-refractivity contribution < 1.29 is 44.9 Å². The molecule has 0 bridgehead atoms. The number of benzene rings is 2. The van der Waals surface area contributed by atoms with Crippen molar-refractivity contribution in [1.29, 1.82) is 0 Å². The molecule has 50 heavy (non-hydrogen) atoms. The second-order valence-electron chi connectivity index (χ2n) is 12.5. The molecule has 0 saturated heterocycles. The van der Waals surface area contributed by atoms with Crippen molar-refractivity contribution in [2.24, 2.45) is 0 Å². The summed E-state index contributed by atoms with van der Waals surface area (Å²) in [6, 6.07) is 9.20. The molecule has 0 radical (unpaired) electrons. The van der Waals surface area contributed by atoms with E-state index in [1.54, 1.807) is 26.4 Å². The van der Waals surface area contributed by atoms with Gasteiger partial charge in [0.25, 0.3) is 20.2 Å². The highest BCUT2D eigenvalue weighted by Gasteiger charge is 2.43. The maximum Gasteiger partial charge on any atom is 0.294 e. The summed E-state index contributed by atoms with van der Waals surface area (Å²) in [6.45, 7) is 15.4. The van der Waals surface area contributed by atoms with Crippen molar-refractivity contribution in [3.8, 4) is 0 Å². The van der Waals surface area contributed by atoms with E-state index < -0.39 is 31.1 Å². The molecular weight excluding hydrogens is 683 g/mol. The Morgan fingerprint density at radius 1 is 0.880 bits per heavy atom. The second-order valence-corrected chi connectivity index (χ2v) is 15.4. The molecule has 13 heteroatoms. The number of aryl methyl sites for hydroxylation is 1. The normalized spacial score (nSPS) is 18.7. The summed E-state index contributed by atoms with van der Waals surface area (Å²) in [5.41, 5.74) is 3.46. The highest BCUT2D eigenvalue weighted by Crippen LogP contribution is 2.50. The molecule has 1 aliphatic heterocycles. The smallest absolute Gasteiger partial charge is 0.294 e. The third kappa shape index (κ3) is 10.0. The van der Waals surface area contributed by atoms with Gasteiger partial charge in [-0.3, -0.25) is 9.11 Å². The molecule has 0 saturated carbocycles. The van der Waals surface area contributed by atoms with E-state index in [9.17, 15) is 25.9 Å². The zero-order valence-electron chi connectivity index (χ0n) is 29.8. The van der Waals surface area contributed by atoms with Crippen LogP contribution in [0.15, 0.2) is 94.4 Å². The monoisotopic (exact) mass is 733 g/mol. The molecule has 3 rings (SSSR count). The Morgan fingerprint density at radius 3 is 2.08 bits per heavy atom. The van der Waals surface area contributed by atoms with E-state index in [-0.39, 0.29) is 9.79 Å². The minimum Gasteiger partial charge on any atom is -0.382 e. The Balaban J connectivity index is 1.97. The average Bonchev–Trinajstić information content (AvgIpc) is 3.29. The summed E-state index contributed by atoms with van der Waals surface area (Å²) in [5.74, 6) is 0. The van der Waals surface area contributed by atoms with Crippen molar-refractivity contribution in [3.05, 3.63) is 101 Å². The molecule has 0 aliphatic carbocycles. The number of likely N-dealkylation sites (N-methyl/N-ethyl adjacent to an activating group) is 1. The molecule has 0 amide bonds. The number of methoxy groups -OCH3 is 2. The zero-order chi connectivity index (χ0) is 37.2. The van der Waals surface area contributed by atoms with E-state index in [1.807, 2.05) is 58.1 Å². The van der Waals surface area contributed by atoms with Gasteiger partial charge in [-0.2, -0.15) is 16.8 Å². The Hall–Kier alpha value is -3.14. The van der Waals surface area contributed by atoms with E-state index in [0.717, 1.165) is 22.5 Å². The predicted octanol–water partition coefficient (Wildman–Crippen LogP) is 6.20. The largest absolute Gasteiger partial charge is 0.382 e. The number of rotatable bonds is 20. The summed E-state index contributed by atoms with van der Waals surface area (Å²) in [7, 11) is -5.63. The van der Waals surface area contributed by atoms with E-state index in [0.29, 0.717) is 70.2 Å². The Kier molecular flexibility index (Phi) is 14.8. The maximum atomic E-state index is 12.1. The molecule has 0 aromatic heterocycles. The molecule has 2 atom stereocenters. The fourth-order valence-corrected chi connectivity index (χ4v) is 7.24. The first-order valence-electron chi connectivity index (χ1n) is 16.4. The summed E-state index contributed by atoms with van der Waals surface area (Å²) in [4.78, 5) is 1.76. The van der Waals surface area contributed by atoms with Crippen molar-refractivity contribution in [2.75, 3.05) is 65.3 Å². The summed E-state index contributed by atoms with van der Waals surface area (Å²) in [5, 5.41) is 0. The lowest BCUT2D eigenvalue weighted by Gasteiger charge is -2.33. The first-order chi connectivity index (χ1) is 23.5. The minimum absolute atomic E-state index is 0.165. The van der Waals surface area contributed by atoms with Crippen LogP contribution in [-0.4, -0.2) is 86.3 Å². The number of nitrogens with zero attached hydrogens (tertiary/aromatic N) is 1. The summed E-state index contributed by atoms with van der Waals surface area (Å²) >= 11 is 0. The van der Waals surface area contributed by atoms with Crippen LogP contribution in [0.5, 0.6) is 0 Å². The van der Waals surface area contributed by atoms with Crippen molar-refractivity contribution in [2.45, 2.75) is 61.2 Å². The van der Waals surface area contributed by atoms with Crippen LogP contribution < -0.4 is 4.90 Å². The summed E-state index contributed by atoms with van der Waals surface area (Å²) in [6.07, 6.45) is 10.5. The predicted molar refractivity (Wildman–Crippen MR) is 195 cm³/mol. The SMILES string of the molecule is C=C(/C=C/C=C/C=C1/N(CC)c2ccc(S(=O)(=O)O)cc2C1(C)CCOCCOC)C(C)(CCOCCOC)c1cc(S(=O)(=O)O)ccc1C. The van der Waals surface area contributed by atoms with Gasteiger partial charge in [0.15, 0.2) is 0 Å². The maximum absolute atomic E-state index is 12.1. The number of hydrogen-bond donors (Lipinski definition) is 2. The van der Waals surface area contributed by atoms with Crippen LogP contribution in [0.1, 0.15) is 50.3 Å². The molecule has 2 unspecified atom stereocenters. The number of allylic oxidation sites excluding steroid dienone is 7. The zero-order valence-corrected chi connectivity index (χ0v) is 31.5.